The fraction of sp³-hybridized carbons (Fsp3) is 0.286. The van der Waals surface area contributed by atoms with Gasteiger partial charge >= 0.3 is 0 Å². The van der Waals surface area contributed by atoms with Crippen molar-refractivity contribution in [2.75, 3.05) is 5.32 Å². The summed E-state index contributed by atoms with van der Waals surface area (Å²) in [7, 11) is 0. The van der Waals surface area contributed by atoms with Crippen molar-refractivity contribution in [1.82, 2.24) is 15.1 Å². The molecule has 1 aliphatic rings. The van der Waals surface area contributed by atoms with E-state index in [2.05, 4.69) is 15.7 Å². The molecule has 0 spiro atoms. The van der Waals surface area contributed by atoms with E-state index in [0.29, 0.717) is 17.7 Å². The highest BCUT2D eigenvalue weighted by molar-refractivity contribution is 7.80. The number of hydrogen-bond acceptors (Lipinski definition) is 2. The monoisotopic (exact) mass is 306 g/mol. The summed E-state index contributed by atoms with van der Waals surface area (Å²) in [5.74, 6) is 0. The fourth-order valence-corrected chi connectivity index (χ4v) is 2.28. The van der Waals surface area contributed by atoms with Crippen LogP contribution in [0.25, 0.3) is 0 Å². The van der Waals surface area contributed by atoms with E-state index in [-0.39, 0.29) is 0 Å². The van der Waals surface area contributed by atoms with Crippen LogP contribution < -0.4 is 10.6 Å². The Labute approximate surface area is 128 Å². The lowest BCUT2D eigenvalue weighted by molar-refractivity contribution is 0.687. The maximum Gasteiger partial charge on any atom is 0.171 e. The molecule has 1 saturated carbocycles. The molecule has 0 radical (unpaired) electrons. The second-order valence-electron chi connectivity index (χ2n) is 4.93. The van der Waals surface area contributed by atoms with Crippen LogP contribution in [-0.2, 0) is 6.54 Å². The van der Waals surface area contributed by atoms with Gasteiger partial charge in [-0.2, -0.15) is 5.10 Å². The average Bonchev–Trinajstić information content (AvgIpc) is 3.12. The molecule has 1 heterocycles. The van der Waals surface area contributed by atoms with Crippen molar-refractivity contribution in [3.8, 4) is 0 Å². The minimum absolute atomic E-state index is 0.555. The van der Waals surface area contributed by atoms with Crippen LogP contribution in [0.3, 0.4) is 0 Å². The van der Waals surface area contributed by atoms with Crippen LogP contribution >= 0.6 is 23.8 Å². The quantitative estimate of drug-likeness (QED) is 0.852. The highest BCUT2D eigenvalue weighted by Crippen LogP contribution is 2.19. The van der Waals surface area contributed by atoms with Crippen LogP contribution in [0.2, 0.25) is 5.02 Å². The minimum Gasteiger partial charge on any atom is -0.360 e. The number of thiocarbonyl (C=S) groups is 1. The largest absolute Gasteiger partial charge is 0.360 e. The zero-order valence-electron chi connectivity index (χ0n) is 10.8. The summed E-state index contributed by atoms with van der Waals surface area (Å²) < 4.78 is 1.87. The van der Waals surface area contributed by atoms with E-state index in [1.807, 2.05) is 35.1 Å². The van der Waals surface area contributed by atoms with Crippen molar-refractivity contribution in [2.45, 2.75) is 25.4 Å². The van der Waals surface area contributed by atoms with Crippen LogP contribution in [0.4, 0.5) is 5.69 Å². The number of benzene rings is 1. The van der Waals surface area contributed by atoms with Crippen LogP contribution in [0, 0.1) is 0 Å². The van der Waals surface area contributed by atoms with Crippen molar-refractivity contribution >= 4 is 34.6 Å². The Bertz CT molecular complexity index is 604. The standard InChI is InChI=1S/C14H15ClN4S/c15-11-3-1-10(2-4-11)8-19-9-13(7-16-19)18-14(20)17-12-5-6-12/h1-4,7,9,12H,5-6,8H2,(H2,17,18,20). The Morgan fingerprint density at radius 3 is 2.80 bits per heavy atom. The van der Waals surface area contributed by atoms with Gasteiger partial charge in [0.2, 0.25) is 0 Å². The van der Waals surface area contributed by atoms with E-state index in [4.69, 9.17) is 23.8 Å². The van der Waals surface area contributed by atoms with Gasteiger partial charge < -0.3 is 10.6 Å². The minimum atomic E-state index is 0.555. The summed E-state index contributed by atoms with van der Waals surface area (Å²) in [6.07, 6.45) is 6.13. The first-order chi connectivity index (χ1) is 9.69. The van der Waals surface area contributed by atoms with Gasteiger partial charge in [-0.15, -0.1) is 0 Å². The number of hydrogen-bond donors (Lipinski definition) is 2. The highest BCUT2D eigenvalue weighted by atomic mass is 35.5. The summed E-state index contributed by atoms with van der Waals surface area (Å²) in [6, 6.07) is 8.31. The van der Waals surface area contributed by atoms with Gasteiger partial charge in [0.15, 0.2) is 5.11 Å². The Balaban J connectivity index is 1.58. The molecule has 20 heavy (non-hydrogen) atoms. The van der Waals surface area contributed by atoms with Crippen molar-refractivity contribution in [3.63, 3.8) is 0 Å². The zero-order valence-corrected chi connectivity index (χ0v) is 12.4. The van der Waals surface area contributed by atoms with E-state index in [1.165, 1.54) is 12.8 Å². The summed E-state index contributed by atoms with van der Waals surface area (Å²) >= 11 is 11.1. The predicted octanol–water partition coefficient (Wildman–Crippen LogP) is 3.03. The van der Waals surface area contributed by atoms with Gasteiger partial charge in [-0.1, -0.05) is 23.7 Å². The lowest BCUT2D eigenvalue weighted by Crippen LogP contribution is -2.29. The van der Waals surface area contributed by atoms with Crippen LogP contribution in [-0.4, -0.2) is 20.9 Å². The molecular formula is C14H15ClN4S. The second kappa shape index (κ2) is 5.81. The Morgan fingerprint density at radius 2 is 2.10 bits per heavy atom. The zero-order chi connectivity index (χ0) is 13.9. The first-order valence-corrected chi connectivity index (χ1v) is 7.32. The smallest absolute Gasteiger partial charge is 0.171 e. The summed E-state index contributed by atoms with van der Waals surface area (Å²) in [5, 5.41) is 12.1. The van der Waals surface area contributed by atoms with Gasteiger partial charge in [-0.25, -0.2) is 0 Å². The fourth-order valence-electron chi connectivity index (χ4n) is 1.87. The third-order valence-corrected chi connectivity index (χ3v) is 3.53. The van der Waals surface area contributed by atoms with Crippen molar-refractivity contribution < 1.29 is 0 Å². The molecule has 2 aromatic rings. The number of nitrogens with zero attached hydrogens (tertiary/aromatic N) is 2. The molecule has 1 aromatic heterocycles. The molecule has 0 bridgehead atoms. The Kier molecular flexibility index (Phi) is 3.89. The number of rotatable bonds is 4. The van der Waals surface area contributed by atoms with E-state index < -0.39 is 0 Å². The van der Waals surface area contributed by atoms with Crippen LogP contribution in [0.1, 0.15) is 18.4 Å². The molecule has 1 aromatic carbocycles. The Hall–Kier alpha value is -1.59. The van der Waals surface area contributed by atoms with Gasteiger partial charge in [0.05, 0.1) is 18.4 Å². The number of anilines is 1. The van der Waals surface area contributed by atoms with E-state index >= 15 is 0 Å². The van der Waals surface area contributed by atoms with Crippen LogP contribution in [0.5, 0.6) is 0 Å². The maximum absolute atomic E-state index is 5.87. The second-order valence-corrected chi connectivity index (χ2v) is 5.77. The van der Waals surface area contributed by atoms with Crippen molar-refractivity contribution in [1.29, 1.82) is 0 Å². The molecule has 1 fully saturated rings. The maximum atomic E-state index is 5.87. The molecule has 0 aliphatic heterocycles. The molecule has 1 aliphatic carbocycles. The molecule has 3 rings (SSSR count). The van der Waals surface area contributed by atoms with Crippen molar-refractivity contribution in [2.24, 2.45) is 0 Å². The van der Waals surface area contributed by atoms with Gasteiger partial charge in [0.25, 0.3) is 0 Å². The first-order valence-electron chi connectivity index (χ1n) is 6.53. The average molecular weight is 307 g/mol. The first kappa shape index (κ1) is 13.4. The van der Waals surface area contributed by atoms with Gasteiger partial charge in [-0.05, 0) is 42.8 Å². The van der Waals surface area contributed by atoms with Gasteiger partial charge in [0, 0.05) is 17.3 Å². The summed E-state index contributed by atoms with van der Waals surface area (Å²) in [6.45, 7) is 0.710. The molecule has 0 unspecified atom stereocenters. The number of halogens is 1. The van der Waals surface area contributed by atoms with Gasteiger partial charge in [0.1, 0.15) is 0 Å². The third kappa shape index (κ3) is 3.71. The summed E-state index contributed by atoms with van der Waals surface area (Å²) in [5.41, 5.74) is 2.06. The third-order valence-electron chi connectivity index (χ3n) is 3.06. The molecule has 6 heteroatoms. The van der Waals surface area contributed by atoms with E-state index in [0.717, 1.165) is 16.3 Å². The molecule has 0 saturated heterocycles. The predicted molar refractivity (Wildman–Crippen MR) is 85.2 cm³/mol. The molecular weight excluding hydrogens is 292 g/mol. The lowest BCUT2D eigenvalue weighted by atomic mass is 10.2. The van der Waals surface area contributed by atoms with Crippen molar-refractivity contribution in [3.05, 3.63) is 47.2 Å². The van der Waals surface area contributed by atoms with Crippen LogP contribution in [0.15, 0.2) is 36.7 Å². The summed E-state index contributed by atoms with van der Waals surface area (Å²) in [4.78, 5) is 0. The molecule has 104 valence electrons. The lowest BCUT2D eigenvalue weighted by Gasteiger charge is -2.06. The molecule has 0 atom stereocenters. The van der Waals surface area contributed by atoms with E-state index in [9.17, 15) is 0 Å². The molecule has 2 N–H and O–H groups in total. The number of aromatic nitrogens is 2. The number of nitrogens with one attached hydrogen (secondary N) is 2. The molecule has 0 amide bonds. The molecule has 4 nitrogen and oxygen atoms in total. The van der Waals surface area contributed by atoms with Gasteiger partial charge in [-0.3, -0.25) is 4.68 Å². The normalized spacial score (nSPS) is 14.1. The highest BCUT2D eigenvalue weighted by Gasteiger charge is 2.21. The Morgan fingerprint density at radius 1 is 1.35 bits per heavy atom. The topological polar surface area (TPSA) is 41.9 Å². The van der Waals surface area contributed by atoms with E-state index in [1.54, 1.807) is 6.20 Å². The SMILES string of the molecule is S=C(Nc1cnn(Cc2ccc(Cl)cc2)c1)NC1CC1.